The minimum atomic E-state index is 0.554. The number of allylic oxidation sites excluding steroid dienone is 1. The van der Waals surface area contributed by atoms with Crippen molar-refractivity contribution in [3.63, 3.8) is 0 Å². The molecule has 0 amide bonds. The second-order valence-corrected chi connectivity index (χ2v) is 6.32. The van der Waals surface area contributed by atoms with Crippen LogP contribution < -0.4 is 10.7 Å². The van der Waals surface area contributed by atoms with Gasteiger partial charge < -0.3 is 5.32 Å². The Balaban J connectivity index is 1.39. The number of nitrogens with one attached hydrogen (secondary N) is 2. The van der Waals surface area contributed by atoms with Gasteiger partial charge in [-0.3, -0.25) is 5.43 Å². The fourth-order valence-corrected chi connectivity index (χ4v) is 3.68. The molecule has 2 aliphatic carbocycles. The summed E-state index contributed by atoms with van der Waals surface area (Å²) >= 11 is 5.29. The summed E-state index contributed by atoms with van der Waals surface area (Å²) in [7, 11) is 0. The van der Waals surface area contributed by atoms with Gasteiger partial charge >= 0.3 is 0 Å². The van der Waals surface area contributed by atoms with Crippen LogP contribution in [0.3, 0.4) is 0 Å². The van der Waals surface area contributed by atoms with Crippen molar-refractivity contribution in [1.29, 1.82) is 0 Å². The fourth-order valence-electron chi connectivity index (χ4n) is 3.48. The van der Waals surface area contributed by atoms with E-state index < -0.39 is 0 Å². The van der Waals surface area contributed by atoms with Gasteiger partial charge in [-0.1, -0.05) is 42.8 Å². The molecule has 0 aromatic heterocycles. The molecule has 0 unspecified atom stereocenters. The van der Waals surface area contributed by atoms with Gasteiger partial charge in [0.15, 0.2) is 5.11 Å². The topological polar surface area (TPSA) is 36.4 Å². The molecule has 0 aliphatic heterocycles. The number of rotatable bonds is 4. The van der Waals surface area contributed by atoms with Crippen LogP contribution in [-0.4, -0.2) is 17.4 Å². The second kappa shape index (κ2) is 6.85. The first-order valence-corrected chi connectivity index (χ1v) is 8.03. The lowest BCUT2D eigenvalue weighted by atomic mass is 9.96. The second-order valence-electron chi connectivity index (χ2n) is 5.91. The molecule has 4 heteroatoms. The molecule has 1 aromatic carbocycles. The van der Waals surface area contributed by atoms with E-state index in [2.05, 4.69) is 28.0 Å². The third kappa shape index (κ3) is 3.91. The molecule has 0 spiro atoms. The number of hydrogen-bond donors (Lipinski definition) is 2. The van der Waals surface area contributed by atoms with Crippen LogP contribution in [0.25, 0.3) is 6.08 Å². The molecular weight excluding hydrogens is 278 g/mol. The summed E-state index contributed by atoms with van der Waals surface area (Å²) in [5.41, 5.74) is 4.05. The Hall–Kier alpha value is -1.68. The Bertz CT molecular complexity index is 538. The number of thiocarbonyl (C=S) groups is 1. The summed E-state index contributed by atoms with van der Waals surface area (Å²) in [4.78, 5) is 0. The molecule has 0 heterocycles. The Kier molecular flexibility index (Phi) is 4.65. The van der Waals surface area contributed by atoms with Gasteiger partial charge in [-0.05, 0) is 55.0 Å². The number of benzene rings is 1. The van der Waals surface area contributed by atoms with E-state index in [1.165, 1.54) is 25.7 Å². The third-order valence-corrected chi connectivity index (χ3v) is 4.68. The van der Waals surface area contributed by atoms with Crippen molar-refractivity contribution >= 4 is 29.6 Å². The highest BCUT2D eigenvalue weighted by Gasteiger charge is 2.39. The van der Waals surface area contributed by atoms with E-state index in [4.69, 9.17) is 12.2 Å². The van der Waals surface area contributed by atoms with Crippen LogP contribution in [0.15, 0.2) is 41.5 Å². The Labute approximate surface area is 131 Å². The SMILES string of the molecule is S=C(N/N=C\C=C\c1ccccc1)N[C@H]1C[C@H]2CC[C@H]1C2. The minimum absolute atomic E-state index is 0.554. The number of fused-ring (bicyclic) bond motifs is 2. The predicted octanol–water partition coefficient (Wildman–Crippen LogP) is 3.34. The molecule has 2 bridgehead atoms. The van der Waals surface area contributed by atoms with Crippen LogP contribution in [-0.2, 0) is 0 Å². The largest absolute Gasteiger partial charge is 0.358 e. The van der Waals surface area contributed by atoms with Crippen molar-refractivity contribution in [2.75, 3.05) is 0 Å². The van der Waals surface area contributed by atoms with E-state index >= 15 is 0 Å². The van der Waals surface area contributed by atoms with Crippen molar-refractivity contribution in [2.45, 2.75) is 31.7 Å². The average molecular weight is 299 g/mol. The highest BCUT2D eigenvalue weighted by Crippen LogP contribution is 2.44. The normalized spacial score (nSPS) is 27.5. The van der Waals surface area contributed by atoms with Crippen LogP contribution in [0.1, 0.15) is 31.2 Å². The summed E-state index contributed by atoms with van der Waals surface area (Å²) in [6.45, 7) is 0. The molecule has 2 aliphatic rings. The monoisotopic (exact) mass is 299 g/mol. The maximum absolute atomic E-state index is 5.29. The Morgan fingerprint density at radius 2 is 2.05 bits per heavy atom. The standard InChI is InChI=1S/C17H21N3S/c21-17(19-16-12-14-8-9-15(16)11-14)20-18-10-4-7-13-5-2-1-3-6-13/h1-7,10,14-16H,8-9,11-12H2,(H2,19,20,21)/b7-4+,18-10-/t14-,15-,16-/m0/s1. The summed E-state index contributed by atoms with van der Waals surface area (Å²) in [5.74, 6) is 1.74. The number of hydrogen-bond acceptors (Lipinski definition) is 2. The lowest BCUT2D eigenvalue weighted by Crippen LogP contribution is -2.42. The average Bonchev–Trinajstić information content (AvgIpc) is 3.10. The Morgan fingerprint density at radius 1 is 1.19 bits per heavy atom. The van der Waals surface area contributed by atoms with Crippen molar-refractivity contribution in [3.05, 3.63) is 42.0 Å². The molecule has 21 heavy (non-hydrogen) atoms. The number of hydrazone groups is 1. The van der Waals surface area contributed by atoms with E-state index in [1.54, 1.807) is 6.21 Å². The maximum atomic E-state index is 5.29. The lowest BCUT2D eigenvalue weighted by Gasteiger charge is -2.23. The van der Waals surface area contributed by atoms with Gasteiger partial charge in [-0.15, -0.1) is 0 Å². The van der Waals surface area contributed by atoms with Crippen LogP contribution in [0.4, 0.5) is 0 Å². The van der Waals surface area contributed by atoms with E-state index in [-0.39, 0.29) is 0 Å². The molecule has 3 nitrogen and oxygen atoms in total. The molecule has 2 fully saturated rings. The van der Waals surface area contributed by atoms with Crippen molar-refractivity contribution in [2.24, 2.45) is 16.9 Å². The molecule has 0 radical (unpaired) electrons. The van der Waals surface area contributed by atoms with Gasteiger partial charge in [0, 0.05) is 12.3 Å². The third-order valence-electron chi connectivity index (χ3n) is 4.47. The zero-order chi connectivity index (χ0) is 14.5. The van der Waals surface area contributed by atoms with E-state index in [1.807, 2.05) is 30.4 Å². The van der Waals surface area contributed by atoms with E-state index in [9.17, 15) is 0 Å². The zero-order valence-electron chi connectivity index (χ0n) is 12.0. The van der Waals surface area contributed by atoms with Crippen molar-refractivity contribution in [1.82, 2.24) is 10.7 Å². The molecule has 110 valence electrons. The van der Waals surface area contributed by atoms with Crippen LogP contribution in [0, 0.1) is 11.8 Å². The van der Waals surface area contributed by atoms with Gasteiger partial charge in [-0.2, -0.15) is 5.10 Å². The van der Waals surface area contributed by atoms with Crippen LogP contribution >= 0.6 is 12.2 Å². The fraction of sp³-hybridized carbons (Fsp3) is 0.412. The van der Waals surface area contributed by atoms with Gasteiger partial charge in [-0.25, -0.2) is 0 Å². The molecule has 0 saturated heterocycles. The first-order chi connectivity index (χ1) is 10.3. The Morgan fingerprint density at radius 3 is 2.76 bits per heavy atom. The van der Waals surface area contributed by atoms with Crippen molar-refractivity contribution < 1.29 is 0 Å². The van der Waals surface area contributed by atoms with Gasteiger partial charge in [0.25, 0.3) is 0 Å². The first kappa shape index (κ1) is 14.3. The van der Waals surface area contributed by atoms with E-state index in [0.29, 0.717) is 11.2 Å². The molecule has 2 N–H and O–H groups in total. The molecule has 3 atom stereocenters. The predicted molar refractivity (Wildman–Crippen MR) is 92.1 cm³/mol. The first-order valence-electron chi connectivity index (χ1n) is 7.62. The summed E-state index contributed by atoms with van der Waals surface area (Å²) in [6, 6.07) is 10.7. The van der Waals surface area contributed by atoms with Gasteiger partial charge in [0.05, 0.1) is 0 Å². The molecule has 1 aromatic rings. The number of nitrogens with zero attached hydrogens (tertiary/aromatic N) is 1. The quantitative estimate of drug-likeness (QED) is 0.508. The summed E-state index contributed by atoms with van der Waals surface area (Å²) < 4.78 is 0. The minimum Gasteiger partial charge on any atom is -0.358 e. The highest BCUT2D eigenvalue weighted by atomic mass is 32.1. The summed E-state index contributed by atoms with van der Waals surface area (Å²) in [6.07, 6.45) is 11.1. The highest BCUT2D eigenvalue weighted by molar-refractivity contribution is 7.80. The van der Waals surface area contributed by atoms with E-state index in [0.717, 1.165) is 17.4 Å². The van der Waals surface area contributed by atoms with Crippen molar-refractivity contribution in [3.8, 4) is 0 Å². The molecule has 3 rings (SSSR count). The lowest BCUT2D eigenvalue weighted by molar-refractivity contribution is 0.389. The van der Waals surface area contributed by atoms with Crippen LogP contribution in [0.2, 0.25) is 0 Å². The smallest absolute Gasteiger partial charge is 0.187 e. The molecular formula is C17H21N3S. The van der Waals surface area contributed by atoms with Crippen LogP contribution in [0.5, 0.6) is 0 Å². The van der Waals surface area contributed by atoms with Gasteiger partial charge in [0.1, 0.15) is 0 Å². The van der Waals surface area contributed by atoms with Gasteiger partial charge in [0.2, 0.25) is 0 Å². The zero-order valence-corrected chi connectivity index (χ0v) is 12.9. The molecule has 2 saturated carbocycles. The maximum Gasteiger partial charge on any atom is 0.187 e. The summed E-state index contributed by atoms with van der Waals surface area (Å²) in [5, 5.41) is 8.16.